The number of hydrogen-bond acceptors (Lipinski definition) is 4. The predicted molar refractivity (Wildman–Crippen MR) is 138 cm³/mol. The maximum absolute atomic E-state index is 13.3. The normalized spacial score (nSPS) is 11.9. The van der Waals surface area contributed by atoms with Crippen LogP contribution >= 0.6 is 46.1 Å². The summed E-state index contributed by atoms with van der Waals surface area (Å²) in [7, 11) is 0. The first kappa shape index (κ1) is 23.8. The van der Waals surface area contributed by atoms with Crippen molar-refractivity contribution in [1.29, 1.82) is 5.26 Å². The van der Waals surface area contributed by atoms with Gasteiger partial charge in [-0.05, 0) is 48.0 Å². The summed E-state index contributed by atoms with van der Waals surface area (Å²) in [6.07, 6.45) is 3.06. The lowest BCUT2D eigenvalue weighted by atomic mass is 10.2. The maximum atomic E-state index is 13.3. The zero-order valence-electron chi connectivity index (χ0n) is 17.3. The molecular formula is C25H14Cl3N3O2S. The number of hydrogen-bond donors (Lipinski definition) is 1. The van der Waals surface area contributed by atoms with Crippen molar-refractivity contribution in [2.24, 2.45) is 0 Å². The standard InChI is InChI=1S/C25H14Cl3N3O2S/c26-16-8-6-15(7-9-16)12-21-25(33)31(17-4-2-1-3-5-17)23(34-21)13-22(32)30-20-11-10-19(27)18(14-29)24(20)28/h1-13H,(H,30,32)/b21-12-,23-13-. The molecule has 34 heavy (non-hydrogen) atoms. The fraction of sp³-hybridized carbons (Fsp3) is 0. The molecule has 0 saturated carbocycles. The monoisotopic (exact) mass is 525 g/mol. The van der Waals surface area contributed by atoms with Gasteiger partial charge in [-0.25, -0.2) is 0 Å². The van der Waals surface area contributed by atoms with Gasteiger partial charge in [-0.15, -0.1) is 11.3 Å². The van der Waals surface area contributed by atoms with Crippen LogP contribution in [0.3, 0.4) is 0 Å². The van der Waals surface area contributed by atoms with Crippen LogP contribution in [0.25, 0.3) is 17.8 Å². The zero-order valence-corrected chi connectivity index (χ0v) is 20.3. The zero-order chi connectivity index (χ0) is 24.2. The molecule has 1 N–H and O–H groups in total. The Morgan fingerprint density at radius 1 is 1.00 bits per heavy atom. The van der Waals surface area contributed by atoms with Crippen LogP contribution in [-0.2, 0) is 4.79 Å². The second kappa shape index (κ2) is 10.3. The second-order valence-electron chi connectivity index (χ2n) is 7.01. The summed E-state index contributed by atoms with van der Waals surface area (Å²) in [5, 5.41) is 12.7. The number of nitrogens with zero attached hydrogens (tertiary/aromatic N) is 2. The molecule has 1 heterocycles. The van der Waals surface area contributed by atoms with Crippen molar-refractivity contribution in [3.8, 4) is 11.8 Å². The van der Waals surface area contributed by atoms with Gasteiger partial charge >= 0.3 is 0 Å². The molecule has 5 nitrogen and oxygen atoms in total. The third kappa shape index (κ3) is 5.09. The summed E-state index contributed by atoms with van der Waals surface area (Å²) in [5.74, 6) is -0.517. The Morgan fingerprint density at radius 2 is 1.71 bits per heavy atom. The van der Waals surface area contributed by atoms with Crippen LogP contribution in [0, 0.1) is 11.3 Å². The Bertz CT molecular complexity index is 1600. The summed E-state index contributed by atoms with van der Waals surface area (Å²) in [6, 6.07) is 21.0. The molecule has 0 bridgehead atoms. The van der Waals surface area contributed by atoms with E-state index in [9.17, 15) is 14.9 Å². The van der Waals surface area contributed by atoms with Gasteiger partial charge in [0, 0.05) is 11.1 Å². The largest absolute Gasteiger partial charge is 0.321 e. The maximum Gasteiger partial charge on any atom is 0.273 e. The third-order valence-electron chi connectivity index (χ3n) is 4.75. The highest BCUT2D eigenvalue weighted by atomic mass is 35.5. The van der Waals surface area contributed by atoms with Gasteiger partial charge in [0.05, 0.1) is 31.5 Å². The van der Waals surface area contributed by atoms with E-state index in [1.54, 1.807) is 42.5 Å². The number of nitrogens with one attached hydrogen (secondary N) is 1. The molecule has 3 aromatic carbocycles. The summed E-state index contributed by atoms with van der Waals surface area (Å²) >= 11 is 19.3. The smallest absolute Gasteiger partial charge is 0.273 e. The lowest BCUT2D eigenvalue weighted by Gasteiger charge is -2.07. The van der Waals surface area contributed by atoms with Gasteiger partial charge in [0.15, 0.2) is 0 Å². The van der Waals surface area contributed by atoms with Crippen LogP contribution in [0.4, 0.5) is 5.69 Å². The number of rotatable bonds is 4. The molecule has 0 fully saturated rings. The number of nitriles is 1. The molecule has 0 aliphatic rings. The van der Waals surface area contributed by atoms with Gasteiger partial charge in [-0.2, -0.15) is 5.26 Å². The SMILES string of the molecule is N#Cc1c(Cl)ccc(NC(=O)/C=c2\s/c(=C\c3ccc(Cl)cc3)c(=O)n2-c2ccccc2)c1Cl. The Labute approximate surface area is 213 Å². The molecule has 4 rings (SSSR count). The summed E-state index contributed by atoms with van der Waals surface area (Å²) < 4.78 is 2.33. The highest BCUT2D eigenvalue weighted by Gasteiger charge is 2.13. The van der Waals surface area contributed by atoms with Gasteiger partial charge in [-0.3, -0.25) is 14.2 Å². The second-order valence-corrected chi connectivity index (χ2v) is 9.29. The highest BCUT2D eigenvalue weighted by molar-refractivity contribution is 7.07. The lowest BCUT2D eigenvalue weighted by Crippen LogP contribution is -2.30. The van der Waals surface area contributed by atoms with E-state index in [-0.39, 0.29) is 26.9 Å². The minimum absolute atomic E-state index is 0.0418. The van der Waals surface area contributed by atoms with Crippen molar-refractivity contribution in [1.82, 2.24) is 4.57 Å². The molecule has 0 radical (unpaired) electrons. The minimum atomic E-state index is -0.517. The van der Waals surface area contributed by atoms with Crippen LogP contribution in [0.5, 0.6) is 0 Å². The van der Waals surface area contributed by atoms with E-state index in [0.717, 1.165) is 5.56 Å². The van der Waals surface area contributed by atoms with Gasteiger partial charge in [0.1, 0.15) is 10.7 Å². The molecule has 1 aromatic heterocycles. The minimum Gasteiger partial charge on any atom is -0.321 e. The topological polar surface area (TPSA) is 74.9 Å². The van der Waals surface area contributed by atoms with Gasteiger partial charge in [0.25, 0.3) is 11.5 Å². The van der Waals surface area contributed by atoms with Crippen LogP contribution in [-0.4, -0.2) is 10.5 Å². The van der Waals surface area contributed by atoms with Crippen molar-refractivity contribution in [3.63, 3.8) is 0 Å². The average molecular weight is 527 g/mol. The fourth-order valence-corrected chi connectivity index (χ4v) is 4.83. The molecule has 0 aliphatic heterocycles. The third-order valence-corrected chi connectivity index (χ3v) is 6.73. The number of amides is 1. The van der Waals surface area contributed by atoms with E-state index in [1.807, 2.05) is 24.3 Å². The summed E-state index contributed by atoms with van der Waals surface area (Å²) in [4.78, 5) is 26.1. The predicted octanol–water partition coefficient (Wildman–Crippen LogP) is 4.98. The Morgan fingerprint density at radius 3 is 2.38 bits per heavy atom. The van der Waals surface area contributed by atoms with Crippen molar-refractivity contribution >= 4 is 69.9 Å². The molecule has 168 valence electrons. The van der Waals surface area contributed by atoms with Crippen LogP contribution < -0.4 is 20.1 Å². The first-order chi connectivity index (χ1) is 16.4. The number of aromatic nitrogens is 1. The number of carbonyl (C=O) groups is 1. The molecule has 1 amide bonds. The number of thiazole rings is 1. The first-order valence-electron chi connectivity index (χ1n) is 9.83. The highest BCUT2D eigenvalue weighted by Crippen LogP contribution is 2.31. The van der Waals surface area contributed by atoms with E-state index < -0.39 is 5.91 Å². The number of halogens is 3. The van der Waals surface area contributed by atoms with Gasteiger partial charge in [-0.1, -0.05) is 65.1 Å². The molecule has 0 spiro atoms. The van der Waals surface area contributed by atoms with Gasteiger partial charge in [0.2, 0.25) is 0 Å². The quantitative estimate of drug-likeness (QED) is 0.408. The molecule has 0 aliphatic carbocycles. The Hall–Kier alpha value is -3.34. The van der Waals surface area contributed by atoms with Crippen molar-refractivity contribution in [2.75, 3.05) is 5.32 Å². The Balaban J connectivity index is 1.82. The average Bonchev–Trinajstić information content (AvgIpc) is 3.12. The molecule has 0 saturated heterocycles. The van der Waals surface area contributed by atoms with E-state index in [0.29, 0.717) is 19.9 Å². The van der Waals surface area contributed by atoms with Crippen molar-refractivity contribution < 1.29 is 4.79 Å². The van der Waals surface area contributed by atoms with E-state index in [4.69, 9.17) is 34.8 Å². The van der Waals surface area contributed by atoms with Crippen LogP contribution in [0.1, 0.15) is 11.1 Å². The lowest BCUT2D eigenvalue weighted by molar-refractivity contribution is -0.110. The number of carbonyl (C=O) groups excluding carboxylic acids is 1. The molecule has 9 heteroatoms. The van der Waals surface area contributed by atoms with E-state index in [1.165, 1.54) is 34.1 Å². The van der Waals surface area contributed by atoms with Crippen molar-refractivity contribution in [2.45, 2.75) is 0 Å². The number of anilines is 1. The number of para-hydroxylation sites is 1. The summed E-state index contributed by atoms with van der Waals surface area (Å²) in [6.45, 7) is 0. The van der Waals surface area contributed by atoms with E-state index in [2.05, 4.69) is 5.32 Å². The van der Waals surface area contributed by atoms with Crippen LogP contribution in [0.15, 0.2) is 71.5 Å². The first-order valence-corrected chi connectivity index (χ1v) is 11.8. The van der Waals surface area contributed by atoms with Gasteiger partial charge < -0.3 is 5.32 Å². The Kier molecular flexibility index (Phi) is 7.20. The molecule has 0 atom stereocenters. The molecule has 0 unspecified atom stereocenters. The van der Waals surface area contributed by atoms with Crippen molar-refractivity contribution in [3.05, 3.63) is 112 Å². The fourth-order valence-electron chi connectivity index (χ4n) is 3.16. The molecular weight excluding hydrogens is 513 g/mol. The van der Waals surface area contributed by atoms with E-state index >= 15 is 0 Å². The number of benzene rings is 3. The summed E-state index contributed by atoms with van der Waals surface area (Å²) in [5.41, 5.74) is 1.47. The molecule has 4 aromatic rings. The van der Waals surface area contributed by atoms with Crippen LogP contribution in [0.2, 0.25) is 15.1 Å².